The minimum atomic E-state index is -1.32. The van der Waals surface area contributed by atoms with E-state index in [-0.39, 0.29) is 11.5 Å². The largest absolute Gasteiger partial charge is 0.505 e. The Morgan fingerprint density at radius 2 is 1.56 bits per heavy atom. The second-order valence-corrected chi connectivity index (χ2v) is 4.47. The van der Waals surface area contributed by atoms with Crippen molar-refractivity contribution < 1.29 is 13.9 Å². The molecule has 0 aliphatic heterocycles. The topological polar surface area (TPSA) is 20.2 Å². The molecule has 0 aromatic carbocycles. The average Bonchev–Trinajstić information content (AvgIpc) is 2.22. The van der Waals surface area contributed by atoms with Gasteiger partial charge in [0.15, 0.2) is 11.7 Å². The molecule has 0 amide bonds. The average molecular weight is 230 g/mol. The van der Waals surface area contributed by atoms with Gasteiger partial charge < -0.3 is 5.11 Å². The predicted molar refractivity (Wildman–Crippen MR) is 63.4 cm³/mol. The van der Waals surface area contributed by atoms with Gasteiger partial charge in [-0.2, -0.15) is 4.39 Å². The Balaban J connectivity index is 4.56. The molecule has 0 saturated heterocycles. The molecule has 0 aliphatic rings. The van der Waals surface area contributed by atoms with Crippen LogP contribution >= 0.6 is 0 Å². The minimum Gasteiger partial charge on any atom is -0.505 e. The first-order valence-electron chi connectivity index (χ1n) is 5.40. The van der Waals surface area contributed by atoms with Crippen LogP contribution in [0.25, 0.3) is 0 Å². The van der Waals surface area contributed by atoms with Crippen LogP contribution in [0.2, 0.25) is 0 Å². The minimum absolute atomic E-state index is 0.0772. The van der Waals surface area contributed by atoms with E-state index in [1.54, 1.807) is 6.92 Å². The van der Waals surface area contributed by atoms with Crippen LogP contribution in [-0.4, -0.2) is 5.11 Å². The molecule has 3 heteroatoms. The second kappa shape index (κ2) is 6.46. The molecule has 16 heavy (non-hydrogen) atoms. The van der Waals surface area contributed by atoms with Gasteiger partial charge in [-0.25, -0.2) is 4.39 Å². The van der Waals surface area contributed by atoms with Crippen LogP contribution in [0.1, 0.15) is 33.6 Å². The van der Waals surface area contributed by atoms with E-state index < -0.39 is 17.4 Å². The van der Waals surface area contributed by atoms with Crippen molar-refractivity contribution in [3.8, 4) is 0 Å². The van der Waals surface area contributed by atoms with Crippen LogP contribution in [0, 0.1) is 11.8 Å². The van der Waals surface area contributed by atoms with Crippen molar-refractivity contribution in [3.63, 3.8) is 0 Å². The Morgan fingerprint density at radius 1 is 1.06 bits per heavy atom. The molecular formula is C13H20F2O. The highest BCUT2D eigenvalue weighted by Crippen LogP contribution is 2.28. The molecule has 1 N–H and O–H groups in total. The van der Waals surface area contributed by atoms with Gasteiger partial charge in [-0.3, -0.25) is 0 Å². The van der Waals surface area contributed by atoms with Gasteiger partial charge in [-0.05, 0) is 23.8 Å². The quantitative estimate of drug-likeness (QED) is 0.511. The summed E-state index contributed by atoms with van der Waals surface area (Å²) in [5.74, 6) is -2.94. The summed E-state index contributed by atoms with van der Waals surface area (Å²) < 4.78 is 26.4. The molecule has 0 rings (SSSR count). The fourth-order valence-corrected chi connectivity index (χ4v) is 1.24. The number of aliphatic hydroxyl groups excluding tert-OH is 1. The molecule has 1 nitrogen and oxygen atoms in total. The van der Waals surface area contributed by atoms with E-state index in [2.05, 4.69) is 27.0 Å². The summed E-state index contributed by atoms with van der Waals surface area (Å²) in [5, 5.41) is 8.73. The summed E-state index contributed by atoms with van der Waals surface area (Å²) in [7, 11) is 0. The zero-order chi connectivity index (χ0) is 12.9. The number of rotatable bonds is 6. The zero-order valence-corrected chi connectivity index (χ0v) is 10.2. The lowest BCUT2D eigenvalue weighted by Crippen LogP contribution is -2.03. The Kier molecular flexibility index (Phi) is 6.01. The van der Waals surface area contributed by atoms with E-state index in [1.807, 2.05) is 0 Å². The smallest absolute Gasteiger partial charge is 0.199 e. The SMILES string of the molecule is C=C(O)/C(F)=C(/F)C(=C)C(C)CCC(C)C. The van der Waals surface area contributed by atoms with Gasteiger partial charge in [-0.15, -0.1) is 0 Å². The maximum atomic E-state index is 13.4. The predicted octanol–water partition coefficient (Wildman–Crippen LogP) is 4.84. The van der Waals surface area contributed by atoms with Crippen LogP contribution in [0.15, 0.2) is 36.1 Å². The number of aliphatic hydroxyl groups is 1. The Labute approximate surface area is 96.2 Å². The van der Waals surface area contributed by atoms with Crippen molar-refractivity contribution in [2.24, 2.45) is 11.8 Å². The Hall–Kier alpha value is -1.12. The highest BCUT2D eigenvalue weighted by atomic mass is 19.2. The molecule has 0 aliphatic carbocycles. The van der Waals surface area contributed by atoms with Crippen LogP contribution in [0.4, 0.5) is 8.78 Å². The Bertz CT molecular complexity index is 303. The summed E-state index contributed by atoms with van der Waals surface area (Å²) >= 11 is 0. The van der Waals surface area contributed by atoms with Crippen molar-refractivity contribution in [1.82, 2.24) is 0 Å². The summed E-state index contributed by atoms with van der Waals surface area (Å²) in [6, 6.07) is 0. The number of hydrogen-bond acceptors (Lipinski definition) is 1. The summed E-state index contributed by atoms with van der Waals surface area (Å²) in [6.45, 7) is 12.4. The third-order valence-electron chi connectivity index (χ3n) is 2.50. The summed E-state index contributed by atoms with van der Waals surface area (Å²) in [5.41, 5.74) is 0.0772. The fourth-order valence-electron chi connectivity index (χ4n) is 1.24. The van der Waals surface area contributed by atoms with Crippen molar-refractivity contribution in [2.45, 2.75) is 33.6 Å². The molecule has 0 aromatic rings. The van der Waals surface area contributed by atoms with Gasteiger partial charge >= 0.3 is 0 Å². The molecule has 0 spiro atoms. The normalized spacial score (nSPS) is 14.6. The molecule has 0 bridgehead atoms. The molecule has 0 heterocycles. The van der Waals surface area contributed by atoms with Gasteiger partial charge in [-0.1, -0.05) is 40.3 Å². The summed E-state index contributed by atoms with van der Waals surface area (Å²) in [4.78, 5) is 0. The fraction of sp³-hybridized carbons (Fsp3) is 0.538. The van der Waals surface area contributed by atoms with E-state index >= 15 is 0 Å². The second-order valence-electron chi connectivity index (χ2n) is 4.47. The van der Waals surface area contributed by atoms with E-state index in [1.165, 1.54) is 0 Å². The van der Waals surface area contributed by atoms with E-state index in [4.69, 9.17) is 5.11 Å². The first kappa shape index (κ1) is 14.9. The lowest BCUT2D eigenvalue weighted by molar-refractivity contribution is 0.377. The molecular weight excluding hydrogens is 210 g/mol. The van der Waals surface area contributed by atoms with Crippen LogP contribution in [0.5, 0.6) is 0 Å². The van der Waals surface area contributed by atoms with Crippen LogP contribution < -0.4 is 0 Å². The molecule has 1 unspecified atom stereocenters. The maximum absolute atomic E-state index is 13.4. The van der Waals surface area contributed by atoms with Gasteiger partial charge in [0, 0.05) is 0 Å². The van der Waals surface area contributed by atoms with Crippen molar-refractivity contribution in [3.05, 3.63) is 36.1 Å². The molecule has 92 valence electrons. The molecule has 0 fully saturated rings. The number of hydrogen-bond donors (Lipinski definition) is 1. The van der Waals surface area contributed by atoms with Gasteiger partial charge in [0.2, 0.25) is 0 Å². The lowest BCUT2D eigenvalue weighted by atomic mass is 9.92. The van der Waals surface area contributed by atoms with Crippen molar-refractivity contribution in [2.75, 3.05) is 0 Å². The lowest BCUT2D eigenvalue weighted by Gasteiger charge is -2.14. The monoisotopic (exact) mass is 230 g/mol. The van der Waals surface area contributed by atoms with Gasteiger partial charge in [0.25, 0.3) is 0 Å². The highest BCUT2D eigenvalue weighted by Gasteiger charge is 2.17. The number of allylic oxidation sites excluding steroid dienone is 3. The highest BCUT2D eigenvalue weighted by molar-refractivity contribution is 5.32. The van der Waals surface area contributed by atoms with Crippen LogP contribution in [-0.2, 0) is 0 Å². The van der Waals surface area contributed by atoms with Gasteiger partial charge in [0.1, 0.15) is 5.76 Å². The van der Waals surface area contributed by atoms with Crippen molar-refractivity contribution >= 4 is 0 Å². The Morgan fingerprint density at radius 3 is 1.94 bits per heavy atom. The first-order chi connectivity index (χ1) is 7.27. The summed E-state index contributed by atoms with van der Waals surface area (Å²) in [6.07, 6.45) is 1.67. The van der Waals surface area contributed by atoms with E-state index in [9.17, 15) is 8.78 Å². The van der Waals surface area contributed by atoms with E-state index in [0.717, 1.165) is 12.8 Å². The van der Waals surface area contributed by atoms with Crippen molar-refractivity contribution in [1.29, 1.82) is 0 Å². The third kappa shape index (κ3) is 4.60. The number of halogens is 2. The molecule has 0 radical (unpaired) electrons. The van der Waals surface area contributed by atoms with Crippen LogP contribution in [0.3, 0.4) is 0 Å². The first-order valence-corrected chi connectivity index (χ1v) is 5.40. The van der Waals surface area contributed by atoms with Gasteiger partial charge in [0.05, 0.1) is 0 Å². The molecule has 1 atom stereocenters. The standard InChI is InChI=1S/C13H20F2O/c1-8(2)6-7-9(3)10(4)12(14)13(15)11(5)16/h8-9,16H,4-7H2,1-3H3/b13-12-. The molecule has 0 saturated carbocycles. The molecule has 0 aromatic heterocycles. The maximum Gasteiger partial charge on any atom is 0.199 e. The van der Waals surface area contributed by atoms with E-state index in [0.29, 0.717) is 5.92 Å². The third-order valence-corrected chi connectivity index (χ3v) is 2.50. The zero-order valence-electron chi connectivity index (χ0n) is 10.2.